The van der Waals surface area contributed by atoms with Crippen molar-refractivity contribution in [2.45, 2.75) is 25.5 Å². The fourth-order valence-electron chi connectivity index (χ4n) is 1.52. The number of hydrogen-bond donors (Lipinski definition) is 1. The summed E-state index contributed by atoms with van der Waals surface area (Å²) in [5, 5.41) is 11.0. The predicted octanol–water partition coefficient (Wildman–Crippen LogP) is 0.427. The Morgan fingerprint density at radius 1 is 1.54 bits per heavy atom. The zero-order chi connectivity index (χ0) is 9.26. The van der Waals surface area contributed by atoms with Crippen LogP contribution in [-0.2, 0) is 4.74 Å². The topological polar surface area (TPSA) is 60.2 Å². The highest BCUT2D eigenvalue weighted by Crippen LogP contribution is 2.23. The van der Waals surface area contributed by atoms with Gasteiger partial charge in [0.2, 0.25) is 11.8 Å². The van der Waals surface area contributed by atoms with Gasteiger partial charge in [0, 0.05) is 20.6 Å². The second-order valence-electron chi connectivity index (χ2n) is 3.21. The van der Waals surface area contributed by atoms with Crippen LogP contribution in [0.1, 0.15) is 24.2 Å². The zero-order valence-corrected chi connectivity index (χ0v) is 7.78. The summed E-state index contributed by atoms with van der Waals surface area (Å²) < 4.78 is 10.5. The quantitative estimate of drug-likeness (QED) is 0.720. The minimum absolute atomic E-state index is 0.158. The smallest absolute Gasteiger partial charge is 0.233 e. The molecule has 0 aliphatic carbocycles. The highest BCUT2D eigenvalue weighted by molar-refractivity contribution is 4.95. The first-order chi connectivity index (χ1) is 6.29. The van der Waals surface area contributed by atoms with Crippen LogP contribution in [0.2, 0.25) is 0 Å². The lowest BCUT2D eigenvalue weighted by molar-refractivity contribution is 0.116. The molecule has 1 N–H and O–H groups in total. The van der Waals surface area contributed by atoms with Gasteiger partial charge in [0.25, 0.3) is 0 Å². The molecule has 72 valence electrons. The lowest BCUT2D eigenvalue weighted by atomic mass is 10.2. The molecular weight excluding hydrogens is 170 g/mol. The summed E-state index contributed by atoms with van der Waals surface area (Å²) in [7, 11) is 1.72. The number of methoxy groups -OCH3 is 1. The molecule has 0 radical (unpaired) electrons. The molecule has 0 unspecified atom stereocenters. The maximum Gasteiger partial charge on any atom is 0.233 e. The van der Waals surface area contributed by atoms with E-state index in [-0.39, 0.29) is 12.1 Å². The molecule has 0 spiro atoms. The third-order valence-electron chi connectivity index (χ3n) is 2.26. The number of hydrogen-bond acceptors (Lipinski definition) is 5. The van der Waals surface area contributed by atoms with Gasteiger partial charge in [0.05, 0.1) is 12.1 Å². The third kappa shape index (κ3) is 1.71. The van der Waals surface area contributed by atoms with E-state index in [0.29, 0.717) is 11.8 Å². The molecular formula is C8H13N3O2. The molecule has 0 amide bonds. The third-order valence-corrected chi connectivity index (χ3v) is 2.26. The summed E-state index contributed by atoms with van der Waals surface area (Å²) in [6, 6.07) is 0.158. The Morgan fingerprint density at radius 3 is 2.92 bits per heavy atom. The second kappa shape index (κ2) is 3.43. The van der Waals surface area contributed by atoms with E-state index in [0.717, 1.165) is 13.0 Å². The number of nitrogens with one attached hydrogen (secondary N) is 1. The lowest BCUT2D eigenvalue weighted by Crippen LogP contribution is -2.16. The van der Waals surface area contributed by atoms with E-state index in [1.54, 1.807) is 14.0 Å². The van der Waals surface area contributed by atoms with Gasteiger partial charge in [-0.2, -0.15) is 0 Å². The molecule has 2 heterocycles. The monoisotopic (exact) mass is 183 g/mol. The van der Waals surface area contributed by atoms with E-state index in [9.17, 15) is 0 Å². The van der Waals surface area contributed by atoms with Gasteiger partial charge in [-0.15, -0.1) is 10.2 Å². The Kier molecular flexibility index (Phi) is 2.28. The highest BCUT2D eigenvalue weighted by Gasteiger charge is 2.28. The van der Waals surface area contributed by atoms with E-state index in [2.05, 4.69) is 15.5 Å². The second-order valence-corrected chi connectivity index (χ2v) is 3.21. The van der Waals surface area contributed by atoms with Crippen LogP contribution in [0.5, 0.6) is 0 Å². The zero-order valence-electron chi connectivity index (χ0n) is 7.78. The van der Waals surface area contributed by atoms with Crippen LogP contribution in [0.15, 0.2) is 4.42 Å². The van der Waals surface area contributed by atoms with Gasteiger partial charge in [-0.3, -0.25) is 0 Å². The van der Waals surface area contributed by atoms with Crippen LogP contribution in [0.4, 0.5) is 0 Å². The number of rotatable bonds is 2. The van der Waals surface area contributed by atoms with E-state index in [1.165, 1.54) is 0 Å². The number of ether oxygens (including phenoxy) is 1. The van der Waals surface area contributed by atoms with Gasteiger partial charge >= 0.3 is 0 Å². The van der Waals surface area contributed by atoms with Gasteiger partial charge in [0.15, 0.2) is 0 Å². The number of nitrogens with zero attached hydrogens (tertiary/aromatic N) is 2. The van der Waals surface area contributed by atoms with E-state index in [1.807, 2.05) is 0 Å². The number of aromatic nitrogens is 2. The fourth-order valence-corrected chi connectivity index (χ4v) is 1.52. The van der Waals surface area contributed by atoms with Crippen molar-refractivity contribution in [3.05, 3.63) is 11.8 Å². The molecule has 1 saturated heterocycles. The van der Waals surface area contributed by atoms with Gasteiger partial charge < -0.3 is 14.5 Å². The Balaban J connectivity index is 2.03. The first kappa shape index (κ1) is 8.65. The first-order valence-electron chi connectivity index (χ1n) is 4.36. The maximum atomic E-state index is 5.32. The Bertz CT molecular complexity index is 287. The fraction of sp³-hybridized carbons (Fsp3) is 0.750. The highest BCUT2D eigenvalue weighted by atomic mass is 16.5. The van der Waals surface area contributed by atoms with Crippen molar-refractivity contribution in [2.75, 3.05) is 13.7 Å². The number of aryl methyl sites for hydroxylation is 1. The summed E-state index contributed by atoms with van der Waals surface area (Å²) in [6.45, 7) is 2.64. The molecule has 2 atom stereocenters. The molecule has 1 aromatic rings. The molecule has 13 heavy (non-hydrogen) atoms. The summed E-state index contributed by atoms with van der Waals surface area (Å²) in [5.41, 5.74) is 0. The van der Waals surface area contributed by atoms with Crippen LogP contribution >= 0.6 is 0 Å². The largest absolute Gasteiger partial charge is 0.424 e. The molecule has 0 bridgehead atoms. The predicted molar refractivity (Wildman–Crippen MR) is 45.2 cm³/mol. The Hall–Kier alpha value is -0.940. The van der Waals surface area contributed by atoms with Gasteiger partial charge in [-0.25, -0.2) is 0 Å². The molecule has 5 nitrogen and oxygen atoms in total. The molecule has 2 rings (SSSR count). The van der Waals surface area contributed by atoms with Crippen molar-refractivity contribution < 1.29 is 9.15 Å². The van der Waals surface area contributed by atoms with Crippen molar-refractivity contribution in [3.63, 3.8) is 0 Å². The van der Waals surface area contributed by atoms with E-state index >= 15 is 0 Å². The van der Waals surface area contributed by atoms with Crippen molar-refractivity contribution in [1.82, 2.24) is 15.5 Å². The molecule has 5 heteroatoms. The van der Waals surface area contributed by atoms with Crippen LogP contribution in [0.25, 0.3) is 0 Å². The Morgan fingerprint density at radius 2 is 2.38 bits per heavy atom. The Labute approximate surface area is 76.5 Å². The van der Waals surface area contributed by atoms with Crippen LogP contribution < -0.4 is 5.32 Å². The molecule has 1 aliphatic heterocycles. The van der Waals surface area contributed by atoms with Crippen LogP contribution in [0, 0.1) is 6.92 Å². The SMILES string of the molecule is CO[C@@H]1CN[C@H](c2nnc(C)o2)C1. The minimum atomic E-state index is 0.158. The van der Waals surface area contributed by atoms with Crippen LogP contribution in [0.3, 0.4) is 0 Å². The van der Waals surface area contributed by atoms with Crippen molar-refractivity contribution in [1.29, 1.82) is 0 Å². The molecule has 0 aromatic carbocycles. The summed E-state index contributed by atoms with van der Waals surface area (Å²) in [6.07, 6.45) is 1.16. The average Bonchev–Trinajstić information content (AvgIpc) is 2.71. The summed E-state index contributed by atoms with van der Waals surface area (Å²) in [5.74, 6) is 1.27. The molecule has 1 aromatic heterocycles. The minimum Gasteiger partial charge on any atom is -0.424 e. The molecule has 1 fully saturated rings. The standard InChI is InChI=1S/C8H13N3O2/c1-5-10-11-8(13-5)7-3-6(12-2)4-9-7/h6-7,9H,3-4H2,1-2H3/t6-,7-/m0/s1. The van der Waals surface area contributed by atoms with Crippen LogP contribution in [-0.4, -0.2) is 30.0 Å². The van der Waals surface area contributed by atoms with Crippen molar-refractivity contribution in [3.8, 4) is 0 Å². The van der Waals surface area contributed by atoms with E-state index < -0.39 is 0 Å². The summed E-state index contributed by atoms with van der Waals surface area (Å²) >= 11 is 0. The van der Waals surface area contributed by atoms with Gasteiger partial charge in [-0.1, -0.05) is 0 Å². The van der Waals surface area contributed by atoms with Crippen molar-refractivity contribution >= 4 is 0 Å². The maximum absolute atomic E-state index is 5.32. The average molecular weight is 183 g/mol. The molecule has 0 saturated carbocycles. The lowest BCUT2D eigenvalue weighted by Gasteiger charge is -2.04. The molecule has 1 aliphatic rings. The summed E-state index contributed by atoms with van der Waals surface area (Å²) in [4.78, 5) is 0. The van der Waals surface area contributed by atoms with Gasteiger partial charge in [0.1, 0.15) is 0 Å². The van der Waals surface area contributed by atoms with Gasteiger partial charge in [-0.05, 0) is 6.42 Å². The van der Waals surface area contributed by atoms with E-state index in [4.69, 9.17) is 9.15 Å². The van der Waals surface area contributed by atoms with Crippen molar-refractivity contribution in [2.24, 2.45) is 0 Å². The first-order valence-corrected chi connectivity index (χ1v) is 4.36. The normalized spacial score (nSPS) is 28.2.